The average Bonchev–Trinajstić information content (AvgIpc) is 2.76. The number of unbranched alkanes of at least 4 members (excludes halogenated alkanes) is 12. The number of rotatable bonds is 27. The Morgan fingerprint density at radius 1 is 0.387 bits per heavy atom. The quantitative estimate of drug-likeness (QED) is 0.134. The monoisotopic (exact) mass is 446 g/mol. The molecule has 31 heavy (non-hydrogen) atoms. The van der Waals surface area contributed by atoms with E-state index >= 15 is 0 Å². The predicted molar refractivity (Wildman–Crippen MR) is 130 cm³/mol. The number of hydrogen-bond donors (Lipinski definition) is 0. The summed E-state index contributed by atoms with van der Waals surface area (Å²) >= 11 is 0. The van der Waals surface area contributed by atoms with Gasteiger partial charge in [-0.3, -0.25) is 0 Å². The maximum absolute atomic E-state index is 5.64. The third-order valence-corrected chi connectivity index (χ3v) is 5.19. The molecule has 0 rings (SSSR count). The molecule has 0 amide bonds. The maximum atomic E-state index is 5.64. The van der Waals surface area contributed by atoms with Crippen LogP contribution in [-0.4, -0.2) is 65.6 Å². The van der Waals surface area contributed by atoms with Crippen molar-refractivity contribution in [2.45, 2.75) is 110 Å². The Kier molecular flexibility index (Phi) is 27.7. The molecule has 0 bridgehead atoms. The van der Waals surface area contributed by atoms with Crippen molar-refractivity contribution in [2.75, 3.05) is 59.5 Å². The van der Waals surface area contributed by atoms with Crippen LogP contribution in [0.5, 0.6) is 0 Å². The van der Waals surface area contributed by atoms with E-state index < -0.39 is 0 Å². The minimum absolute atomic E-state index is 0.260. The van der Waals surface area contributed by atoms with E-state index in [1.54, 1.807) is 0 Å². The summed E-state index contributed by atoms with van der Waals surface area (Å²) in [5.74, 6) is 0. The second-order valence-corrected chi connectivity index (χ2v) is 8.61. The highest BCUT2D eigenvalue weighted by Crippen LogP contribution is 2.12. The summed E-state index contributed by atoms with van der Waals surface area (Å²) in [6, 6.07) is 0. The molecule has 0 saturated heterocycles. The zero-order valence-corrected chi connectivity index (χ0v) is 21.2. The molecule has 0 aromatic carbocycles. The topological polar surface area (TPSA) is 46.2 Å². The molecule has 0 radical (unpaired) electrons. The summed E-state index contributed by atoms with van der Waals surface area (Å²) in [6.07, 6.45) is 18.2. The maximum Gasteiger partial charge on any atom is 0.0703 e. The highest BCUT2D eigenvalue weighted by Gasteiger charge is 1.96. The molecule has 0 spiro atoms. The molecule has 0 aliphatic rings. The molecular weight excluding hydrogens is 392 g/mol. The van der Waals surface area contributed by atoms with Gasteiger partial charge in [0.1, 0.15) is 0 Å². The van der Waals surface area contributed by atoms with Gasteiger partial charge in [0.2, 0.25) is 0 Å². The first-order valence-electron chi connectivity index (χ1n) is 13.2. The molecule has 0 unspecified atom stereocenters. The largest absolute Gasteiger partial charge is 0.379 e. The fourth-order valence-electron chi connectivity index (χ4n) is 3.33. The van der Waals surface area contributed by atoms with Gasteiger partial charge in [-0.1, -0.05) is 84.0 Å². The van der Waals surface area contributed by atoms with Gasteiger partial charge in [0.05, 0.1) is 59.0 Å². The minimum Gasteiger partial charge on any atom is -0.379 e. The Morgan fingerprint density at radius 2 is 0.710 bits per heavy atom. The van der Waals surface area contributed by atoms with Crippen molar-refractivity contribution < 1.29 is 23.7 Å². The molecule has 0 aliphatic carbocycles. The average molecular weight is 447 g/mol. The fourth-order valence-corrected chi connectivity index (χ4v) is 3.33. The first-order chi connectivity index (χ1) is 15.3. The van der Waals surface area contributed by atoms with Gasteiger partial charge < -0.3 is 23.7 Å². The zero-order valence-electron chi connectivity index (χ0n) is 21.2. The van der Waals surface area contributed by atoms with Gasteiger partial charge in [-0.2, -0.15) is 0 Å². The molecule has 188 valence electrons. The van der Waals surface area contributed by atoms with Gasteiger partial charge in [-0.15, -0.1) is 0 Å². The van der Waals surface area contributed by atoms with Gasteiger partial charge in [0.15, 0.2) is 0 Å². The van der Waals surface area contributed by atoms with Crippen molar-refractivity contribution >= 4 is 0 Å². The van der Waals surface area contributed by atoms with Crippen LogP contribution < -0.4 is 0 Å². The van der Waals surface area contributed by atoms with Crippen LogP contribution in [0.3, 0.4) is 0 Å². The summed E-state index contributed by atoms with van der Waals surface area (Å²) < 4.78 is 27.4. The second kappa shape index (κ2) is 27.8. The minimum atomic E-state index is 0.260. The van der Waals surface area contributed by atoms with E-state index in [0.717, 1.165) is 6.61 Å². The van der Waals surface area contributed by atoms with Crippen molar-refractivity contribution in [2.24, 2.45) is 0 Å². The van der Waals surface area contributed by atoms with Crippen LogP contribution in [-0.2, 0) is 23.7 Å². The van der Waals surface area contributed by atoms with Crippen molar-refractivity contribution in [3.63, 3.8) is 0 Å². The Balaban J connectivity index is 2.99. The van der Waals surface area contributed by atoms with E-state index in [9.17, 15) is 0 Å². The van der Waals surface area contributed by atoms with Gasteiger partial charge >= 0.3 is 0 Å². The van der Waals surface area contributed by atoms with Gasteiger partial charge in [0, 0.05) is 6.61 Å². The molecule has 0 aliphatic heterocycles. The molecule has 0 saturated carbocycles. The lowest BCUT2D eigenvalue weighted by Gasteiger charge is -2.09. The summed E-state index contributed by atoms with van der Waals surface area (Å²) in [5.41, 5.74) is 0. The van der Waals surface area contributed by atoms with E-state index in [-0.39, 0.29) is 6.10 Å². The predicted octanol–water partition coefficient (Wildman–Crippen LogP) is 6.57. The fraction of sp³-hybridized carbons (Fsp3) is 1.00. The summed E-state index contributed by atoms with van der Waals surface area (Å²) in [4.78, 5) is 0. The molecule has 0 aromatic rings. The van der Waals surface area contributed by atoms with Crippen LogP contribution in [0.15, 0.2) is 0 Å². The smallest absolute Gasteiger partial charge is 0.0703 e. The molecule has 5 heteroatoms. The van der Waals surface area contributed by atoms with Crippen molar-refractivity contribution in [3.8, 4) is 0 Å². The Labute approximate surface area is 193 Å². The Hall–Kier alpha value is -0.200. The lowest BCUT2D eigenvalue weighted by atomic mass is 10.0. The number of hydrogen-bond acceptors (Lipinski definition) is 5. The Bertz CT molecular complexity index is 312. The summed E-state index contributed by atoms with van der Waals surface area (Å²) in [5, 5.41) is 0. The molecule has 0 fully saturated rings. The number of ether oxygens (including phenoxy) is 5. The van der Waals surface area contributed by atoms with E-state index in [4.69, 9.17) is 23.7 Å². The first-order valence-corrected chi connectivity index (χ1v) is 13.2. The van der Waals surface area contributed by atoms with Crippen molar-refractivity contribution in [1.82, 2.24) is 0 Å². The molecule has 0 atom stereocenters. The standard InChI is InChI=1S/C26H54O5/c1-4-5-6-7-8-9-10-11-12-13-14-15-16-17-27-18-19-28-20-21-29-22-23-30-24-25-31-26(2)3/h26H,4-25H2,1-3H3. The molecule has 0 aromatic heterocycles. The van der Waals surface area contributed by atoms with Crippen LogP contribution in [0.1, 0.15) is 104 Å². The zero-order chi connectivity index (χ0) is 22.7. The van der Waals surface area contributed by atoms with E-state index in [1.165, 1.54) is 83.5 Å². The highest BCUT2D eigenvalue weighted by atomic mass is 16.6. The van der Waals surface area contributed by atoms with Crippen LogP contribution in [0.4, 0.5) is 0 Å². The second-order valence-electron chi connectivity index (χ2n) is 8.61. The van der Waals surface area contributed by atoms with E-state index in [0.29, 0.717) is 52.9 Å². The normalized spacial score (nSPS) is 11.6. The van der Waals surface area contributed by atoms with Gasteiger partial charge in [-0.05, 0) is 20.3 Å². The van der Waals surface area contributed by atoms with Crippen molar-refractivity contribution in [3.05, 3.63) is 0 Å². The summed E-state index contributed by atoms with van der Waals surface area (Å²) in [7, 11) is 0. The summed E-state index contributed by atoms with van der Waals surface area (Å²) in [6.45, 7) is 12.2. The molecule has 0 N–H and O–H groups in total. The molecule has 0 heterocycles. The Morgan fingerprint density at radius 3 is 1.10 bits per heavy atom. The van der Waals surface area contributed by atoms with Crippen LogP contribution in [0.25, 0.3) is 0 Å². The van der Waals surface area contributed by atoms with Crippen LogP contribution in [0, 0.1) is 0 Å². The van der Waals surface area contributed by atoms with Crippen LogP contribution in [0.2, 0.25) is 0 Å². The van der Waals surface area contributed by atoms with Crippen molar-refractivity contribution in [1.29, 1.82) is 0 Å². The van der Waals surface area contributed by atoms with Gasteiger partial charge in [-0.25, -0.2) is 0 Å². The third-order valence-electron chi connectivity index (χ3n) is 5.19. The SMILES string of the molecule is CCCCCCCCCCCCCCCOCCOCCOCCOCCOC(C)C. The molecule has 5 nitrogen and oxygen atoms in total. The first kappa shape index (κ1) is 30.8. The third kappa shape index (κ3) is 29.8. The van der Waals surface area contributed by atoms with E-state index in [1.807, 2.05) is 13.8 Å². The van der Waals surface area contributed by atoms with Crippen LogP contribution >= 0.6 is 0 Å². The lowest BCUT2D eigenvalue weighted by Crippen LogP contribution is -2.14. The highest BCUT2D eigenvalue weighted by molar-refractivity contribution is 4.49. The lowest BCUT2D eigenvalue weighted by molar-refractivity contribution is -0.0176. The molecular formula is C26H54O5. The van der Waals surface area contributed by atoms with E-state index in [2.05, 4.69) is 6.92 Å². The van der Waals surface area contributed by atoms with Gasteiger partial charge in [0.25, 0.3) is 0 Å².